The van der Waals surface area contributed by atoms with Crippen molar-refractivity contribution in [3.63, 3.8) is 0 Å². The second kappa shape index (κ2) is 8.85. The zero-order valence-electron chi connectivity index (χ0n) is 15.1. The second-order valence-electron chi connectivity index (χ2n) is 5.87. The summed E-state index contributed by atoms with van der Waals surface area (Å²) < 4.78 is 25.2. The minimum Gasteiger partial charge on any atom is -0.478 e. The molecule has 0 saturated carbocycles. The number of anilines is 1. The normalized spacial score (nSPS) is 11.4. The summed E-state index contributed by atoms with van der Waals surface area (Å²) in [6.45, 7) is 1.18. The molecule has 2 aromatic carbocycles. The van der Waals surface area contributed by atoms with E-state index in [-0.39, 0.29) is 5.56 Å². The minimum atomic E-state index is -3.74. The zero-order chi connectivity index (χ0) is 20.9. The summed E-state index contributed by atoms with van der Waals surface area (Å²) >= 11 is 6.04. The first-order valence-corrected chi connectivity index (χ1v) is 10.2. The molecule has 0 unspecified atom stereocenters. The average molecular weight is 424 g/mol. The first-order valence-electron chi connectivity index (χ1n) is 7.97. The van der Waals surface area contributed by atoms with E-state index in [1.54, 1.807) is 25.1 Å². The number of amides is 1. The molecule has 0 bridgehead atoms. The van der Waals surface area contributed by atoms with Crippen LogP contribution in [0.15, 0.2) is 47.6 Å². The maximum atomic E-state index is 12.2. The van der Waals surface area contributed by atoms with Crippen molar-refractivity contribution < 1.29 is 23.1 Å². The fourth-order valence-electron chi connectivity index (χ4n) is 2.30. The van der Waals surface area contributed by atoms with E-state index in [2.05, 4.69) is 10.5 Å². The molecule has 28 heavy (non-hydrogen) atoms. The van der Waals surface area contributed by atoms with Gasteiger partial charge >= 0.3 is 5.97 Å². The van der Waals surface area contributed by atoms with Crippen LogP contribution in [0.4, 0.5) is 5.69 Å². The molecule has 0 aliphatic heterocycles. The molecular formula is C18H18ClN3O5S. The van der Waals surface area contributed by atoms with Crippen LogP contribution in [-0.4, -0.2) is 44.4 Å². The Morgan fingerprint density at radius 2 is 1.86 bits per heavy atom. The molecule has 10 heteroatoms. The number of hydrogen-bond acceptors (Lipinski definition) is 5. The Hall–Kier alpha value is -2.91. The Labute approximate surface area is 167 Å². The van der Waals surface area contributed by atoms with Crippen LogP contribution in [0.25, 0.3) is 0 Å². The lowest BCUT2D eigenvalue weighted by Crippen LogP contribution is -2.39. The largest absolute Gasteiger partial charge is 0.478 e. The van der Waals surface area contributed by atoms with Crippen molar-refractivity contribution in [2.24, 2.45) is 5.10 Å². The molecular weight excluding hydrogens is 406 g/mol. The van der Waals surface area contributed by atoms with E-state index in [1.165, 1.54) is 30.5 Å². The molecule has 0 heterocycles. The Kier molecular flexibility index (Phi) is 6.76. The predicted octanol–water partition coefficient (Wildman–Crippen LogP) is 2.26. The van der Waals surface area contributed by atoms with Gasteiger partial charge in [-0.2, -0.15) is 5.10 Å². The van der Waals surface area contributed by atoms with Gasteiger partial charge in [-0.05, 0) is 42.3 Å². The predicted molar refractivity (Wildman–Crippen MR) is 108 cm³/mol. The highest BCUT2D eigenvalue weighted by molar-refractivity contribution is 7.92. The zero-order valence-corrected chi connectivity index (χ0v) is 16.7. The van der Waals surface area contributed by atoms with Crippen LogP contribution in [0.2, 0.25) is 5.02 Å². The molecule has 0 fully saturated rings. The molecule has 0 atom stereocenters. The first kappa shape index (κ1) is 21.4. The third kappa shape index (κ3) is 5.54. The van der Waals surface area contributed by atoms with E-state index < -0.39 is 28.4 Å². The maximum absolute atomic E-state index is 12.2. The third-order valence-electron chi connectivity index (χ3n) is 3.76. The van der Waals surface area contributed by atoms with Crippen molar-refractivity contribution >= 4 is 45.4 Å². The molecule has 0 radical (unpaired) electrons. The number of nitrogens with one attached hydrogen (secondary N) is 1. The van der Waals surface area contributed by atoms with Crippen LogP contribution in [0.3, 0.4) is 0 Å². The number of rotatable bonds is 7. The number of benzene rings is 2. The van der Waals surface area contributed by atoms with E-state index in [0.717, 1.165) is 10.6 Å². The molecule has 2 aromatic rings. The van der Waals surface area contributed by atoms with E-state index in [0.29, 0.717) is 21.8 Å². The molecule has 8 nitrogen and oxygen atoms in total. The number of carboxylic acid groups (broad SMARTS) is 1. The number of sulfonamides is 1. The van der Waals surface area contributed by atoms with Crippen molar-refractivity contribution in [2.75, 3.05) is 17.1 Å². The monoisotopic (exact) mass is 423 g/mol. The summed E-state index contributed by atoms with van der Waals surface area (Å²) in [7, 11) is -3.74. The number of carbonyl (C=O) groups is 2. The summed E-state index contributed by atoms with van der Waals surface area (Å²) in [4.78, 5) is 23.0. The van der Waals surface area contributed by atoms with Gasteiger partial charge in [0.2, 0.25) is 10.0 Å². The van der Waals surface area contributed by atoms with Gasteiger partial charge in [-0.1, -0.05) is 29.8 Å². The van der Waals surface area contributed by atoms with Crippen LogP contribution in [0, 0.1) is 6.92 Å². The van der Waals surface area contributed by atoms with Gasteiger partial charge in [0, 0.05) is 5.02 Å². The van der Waals surface area contributed by atoms with Gasteiger partial charge in [-0.25, -0.2) is 18.6 Å². The van der Waals surface area contributed by atoms with Gasteiger partial charge in [-0.15, -0.1) is 0 Å². The molecule has 0 aliphatic rings. The van der Waals surface area contributed by atoms with Crippen molar-refractivity contribution in [3.8, 4) is 0 Å². The molecule has 0 aliphatic carbocycles. The molecule has 0 saturated heterocycles. The molecule has 0 spiro atoms. The van der Waals surface area contributed by atoms with Crippen molar-refractivity contribution in [2.45, 2.75) is 6.92 Å². The first-order chi connectivity index (χ1) is 13.1. The second-order valence-corrected chi connectivity index (χ2v) is 8.19. The number of carbonyl (C=O) groups excluding carboxylic acids is 1. The van der Waals surface area contributed by atoms with E-state index in [1.807, 2.05) is 0 Å². The molecule has 2 N–H and O–H groups in total. The summed E-state index contributed by atoms with van der Waals surface area (Å²) in [6, 6.07) is 10.6. The third-order valence-corrected chi connectivity index (χ3v) is 5.29. The van der Waals surface area contributed by atoms with Crippen molar-refractivity contribution in [1.29, 1.82) is 0 Å². The fraction of sp³-hybridized carbons (Fsp3) is 0.167. The van der Waals surface area contributed by atoms with Crippen molar-refractivity contribution in [3.05, 3.63) is 64.2 Å². The number of carboxylic acids is 1. The van der Waals surface area contributed by atoms with Gasteiger partial charge in [0.25, 0.3) is 5.91 Å². The highest BCUT2D eigenvalue weighted by Crippen LogP contribution is 2.27. The minimum absolute atomic E-state index is 0.127. The number of nitrogens with zero attached hydrogens (tertiary/aromatic N) is 2. The topological polar surface area (TPSA) is 116 Å². The summed E-state index contributed by atoms with van der Waals surface area (Å²) in [5, 5.41) is 13.0. The average Bonchev–Trinajstić information content (AvgIpc) is 2.62. The van der Waals surface area contributed by atoms with Gasteiger partial charge in [-0.3, -0.25) is 9.10 Å². The van der Waals surface area contributed by atoms with E-state index in [4.69, 9.17) is 16.7 Å². The van der Waals surface area contributed by atoms with Gasteiger partial charge in [0.1, 0.15) is 6.54 Å². The van der Waals surface area contributed by atoms with Crippen LogP contribution in [-0.2, 0) is 14.8 Å². The summed E-state index contributed by atoms with van der Waals surface area (Å²) in [5.74, 6) is -1.70. The molecule has 148 valence electrons. The lowest BCUT2D eigenvalue weighted by molar-refractivity contribution is -0.119. The van der Waals surface area contributed by atoms with Crippen molar-refractivity contribution in [1.82, 2.24) is 5.43 Å². The van der Waals surface area contributed by atoms with Crippen LogP contribution >= 0.6 is 11.6 Å². The number of hydrogen-bond donors (Lipinski definition) is 2. The van der Waals surface area contributed by atoms with Gasteiger partial charge in [0.15, 0.2) is 0 Å². The van der Waals surface area contributed by atoms with Crippen LogP contribution < -0.4 is 9.73 Å². The standard InChI is InChI=1S/C18H18ClN3O5S/c1-12-15(19)4-3-5-16(12)22(28(2,26)27)11-17(23)21-20-10-13-6-8-14(9-7-13)18(24)25/h3-10H,11H2,1-2H3,(H,21,23)(H,24,25)/b20-10-. The van der Waals surface area contributed by atoms with Crippen LogP contribution in [0.1, 0.15) is 21.5 Å². The Bertz CT molecular complexity index is 1020. The SMILES string of the molecule is Cc1c(Cl)cccc1N(CC(=O)N/N=C\c1ccc(C(=O)O)cc1)S(C)(=O)=O. The van der Waals surface area contributed by atoms with E-state index in [9.17, 15) is 18.0 Å². The highest BCUT2D eigenvalue weighted by atomic mass is 35.5. The maximum Gasteiger partial charge on any atom is 0.335 e. The van der Waals surface area contributed by atoms with Gasteiger partial charge < -0.3 is 5.11 Å². The highest BCUT2D eigenvalue weighted by Gasteiger charge is 2.22. The Morgan fingerprint density at radius 3 is 2.43 bits per heavy atom. The molecule has 1 amide bonds. The number of aromatic carboxylic acids is 1. The summed E-state index contributed by atoms with van der Waals surface area (Å²) in [6.07, 6.45) is 2.31. The quantitative estimate of drug-likeness (QED) is 0.523. The lowest BCUT2D eigenvalue weighted by atomic mass is 10.1. The lowest BCUT2D eigenvalue weighted by Gasteiger charge is -2.23. The van der Waals surface area contributed by atoms with Gasteiger partial charge in [0.05, 0.1) is 23.7 Å². The summed E-state index contributed by atoms with van der Waals surface area (Å²) in [5.41, 5.74) is 3.78. The fourth-order valence-corrected chi connectivity index (χ4v) is 3.38. The van der Waals surface area contributed by atoms with E-state index >= 15 is 0 Å². The molecule has 0 aromatic heterocycles. The van der Waals surface area contributed by atoms with Crippen LogP contribution in [0.5, 0.6) is 0 Å². The molecule has 2 rings (SSSR count). The number of halogens is 1. The number of hydrazone groups is 1. The Balaban J connectivity index is 2.10. The Morgan fingerprint density at radius 1 is 1.21 bits per heavy atom. The smallest absolute Gasteiger partial charge is 0.335 e.